The molecule has 0 heterocycles. The van der Waals surface area contributed by atoms with Gasteiger partial charge in [-0.2, -0.15) is 0 Å². The molecule has 2 radical (unpaired) electrons. The molecule has 1 aromatic carbocycles. The Hall–Kier alpha value is -2.18. The van der Waals surface area contributed by atoms with Crippen LogP contribution in [0.1, 0.15) is 6.92 Å². The normalized spacial score (nSPS) is 9.65. The molecular weight excluding hydrogens is 261 g/mol. The Balaban J connectivity index is 2.29. The van der Waals surface area contributed by atoms with Crippen molar-refractivity contribution in [3.05, 3.63) is 24.3 Å². The van der Waals surface area contributed by atoms with Gasteiger partial charge in [0.25, 0.3) is 0 Å². The van der Waals surface area contributed by atoms with Gasteiger partial charge in [0.1, 0.15) is 18.1 Å². The highest BCUT2D eigenvalue weighted by molar-refractivity contribution is 6.57. The Kier molecular flexibility index (Phi) is 7.02. The van der Waals surface area contributed by atoms with Gasteiger partial charge in [-0.25, -0.2) is 4.79 Å². The fourth-order valence-electron chi connectivity index (χ4n) is 1.32. The summed E-state index contributed by atoms with van der Waals surface area (Å²) in [6.45, 7) is 2.57. The molecular formula is C13H16BNO5. The minimum atomic E-state index is -0.587. The lowest BCUT2D eigenvalue weighted by molar-refractivity contribution is -0.145. The second kappa shape index (κ2) is 8.85. The van der Waals surface area contributed by atoms with E-state index in [0.717, 1.165) is 0 Å². The first-order valence-corrected chi connectivity index (χ1v) is 6.16. The number of nitrogens with one attached hydrogen (secondary N) is 1. The van der Waals surface area contributed by atoms with Gasteiger partial charge in [-0.3, -0.25) is 4.79 Å². The monoisotopic (exact) mass is 277 g/mol. The molecule has 106 valence electrons. The van der Waals surface area contributed by atoms with Crippen LogP contribution in [0.15, 0.2) is 24.3 Å². The summed E-state index contributed by atoms with van der Waals surface area (Å²) in [5.41, 5.74) is 0. The number of rotatable bonds is 8. The summed E-state index contributed by atoms with van der Waals surface area (Å²) < 4.78 is 15.3. The lowest BCUT2D eigenvalue weighted by Gasteiger charge is -2.08. The minimum Gasteiger partial charge on any atom is -0.492 e. The third kappa shape index (κ3) is 6.68. The smallest absolute Gasteiger partial charge is 0.344 e. The van der Waals surface area contributed by atoms with E-state index in [9.17, 15) is 9.59 Å². The number of ether oxygens (including phenoxy) is 3. The van der Waals surface area contributed by atoms with Crippen molar-refractivity contribution in [2.45, 2.75) is 6.92 Å². The molecule has 0 unspecified atom stereocenters. The van der Waals surface area contributed by atoms with Crippen LogP contribution in [0.4, 0.5) is 4.79 Å². The minimum absolute atomic E-state index is 0.128. The second-order valence-corrected chi connectivity index (χ2v) is 3.70. The summed E-state index contributed by atoms with van der Waals surface area (Å²) >= 11 is 0. The Morgan fingerprint density at radius 2 is 1.75 bits per heavy atom. The van der Waals surface area contributed by atoms with Crippen molar-refractivity contribution >= 4 is 19.6 Å². The molecule has 20 heavy (non-hydrogen) atoms. The number of hydrogen-bond acceptors (Lipinski definition) is 5. The molecule has 0 saturated carbocycles. The zero-order valence-electron chi connectivity index (χ0n) is 11.3. The molecule has 0 fully saturated rings. The highest BCUT2D eigenvalue weighted by atomic mass is 16.6. The van der Waals surface area contributed by atoms with E-state index in [-0.39, 0.29) is 6.61 Å². The number of esters is 1. The fourth-order valence-corrected chi connectivity index (χ4v) is 1.32. The maximum Gasteiger partial charge on any atom is 0.344 e. The van der Waals surface area contributed by atoms with Crippen molar-refractivity contribution in [3.8, 4) is 11.5 Å². The van der Waals surface area contributed by atoms with E-state index in [2.05, 4.69) is 5.32 Å². The summed E-state index contributed by atoms with van der Waals surface area (Å²) in [6.07, 6.45) is 0. The van der Waals surface area contributed by atoms with E-state index in [4.69, 9.17) is 22.1 Å². The van der Waals surface area contributed by atoms with Gasteiger partial charge in [-0.05, 0) is 31.2 Å². The number of hydrogen-bond donors (Lipinski definition) is 1. The molecule has 0 aromatic heterocycles. The fraction of sp³-hybridized carbons (Fsp3) is 0.385. The average molecular weight is 277 g/mol. The summed E-state index contributed by atoms with van der Waals surface area (Å²) in [4.78, 5) is 21.5. The van der Waals surface area contributed by atoms with E-state index >= 15 is 0 Å². The zero-order chi connectivity index (χ0) is 14.8. The van der Waals surface area contributed by atoms with Crippen molar-refractivity contribution in [1.82, 2.24) is 5.32 Å². The quantitative estimate of drug-likeness (QED) is 0.434. The lowest BCUT2D eigenvalue weighted by atomic mass is 10.1. The summed E-state index contributed by atoms with van der Waals surface area (Å²) in [5.74, 6) is 0.169. The van der Waals surface area contributed by atoms with Crippen LogP contribution in [-0.4, -0.2) is 46.0 Å². The van der Waals surface area contributed by atoms with E-state index < -0.39 is 11.8 Å². The average Bonchev–Trinajstić information content (AvgIpc) is 2.43. The Labute approximate surface area is 118 Å². The SMILES string of the molecule is [B]C(=O)NCCOc1ccc(OCC(=O)OCC)cc1. The van der Waals surface area contributed by atoms with Crippen molar-refractivity contribution in [2.75, 3.05) is 26.4 Å². The molecule has 0 saturated heterocycles. The standard InChI is InChI=1S/C13H16BNO5/c1-2-18-12(16)9-20-11-5-3-10(4-6-11)19-8-7-15-13(14)17/h3-6H,2,7-9H2,1H3,(H,15,17). The molecule has 0 atom stereocenters. The van der Waals surface area contributed by atoms with Gasteiger partial charge < -0.3 is 19.5 Å². The zero-order valence-corrected chi connectivity index (χ0v) is 11.3. The molecule has 1 amide bonds. The third-order valence-corrected chi connectivity index (χ3v) is 2.16. The number of carbonyl (C=O) groups is 2. The second-order valence-electron chi connectivity index (χ2n) is 3.70. The van der Waals surface area contributed by atoms with Crippen molar-refractivity contribution in [1.29, 1.82) is 0 Å². The van der Waals surface area contributed by atoms with Gasteiger partial charge in [0.2, 0.25) is 0 Å². The van der Waals surface area contributed by atoms with Gasteiger partial charge in [0.15, 0.2) is 20.3 Å². The van der Waals surface area contributed by atoms with Gasteiger partial charge in [0, 0.05) is 0 Å². The molecule has 0 aliphatic rings. The van der Waals surface area contributed by atoms with Gasteiger partial charge in [-0.1, -0.05) is 0 Å². The highest BCUT2D eigenvalue weighted by Gasteiger charge is 2.03. The first-order chi connectivity index (χ1) is 9.61. The van der Waals surface area contributed by atoms with E-state index in [0.29, 0.717) is 31.3 Å². The van der Waals surface area contributed by atoms with E-state index in [1.165, 1.54) is 0 Å². The third-order valence-electron chi connectivity index (χ3n) is 2.16. The van der Waals surface area contributed by atoms with Gasteiger partial charge in [-0.15, -0.1) is 0 Å². The number of carbonyl (C=O) groups excluding carboxylic acids is 2. The van der Waals surface area contributed by atoms with E-state index in [1.807, 2.05) is 0 Å². The van der Waals surface area contributed by atoms with Crippen LogP contribution in [-0.2, 0) is 9.53 Å². The molecule has 6 nitrogen and oxygen atoms in total. The van der Waals surface area contributed by atoms with Gasteiger partial charge in [0.05, 0.1) is 13.2 Å². The number of benzene rings is 1. The Morgan fingerprint density at radius 3 is 2.30 bits per heavy atom. The summed E-state index contributed by atoms with van der Waals surface area (Å²) in [7, 11) is 4.91. The van der Waals surface area contributed by atoms with Crippen LogP contribution < -0.4 is 14.8 Å². The molecule has 0 aliphatic heterocycles. The van der Waals surface area contributed by atoms with Crippen LogP contribution in [0.25, 0.3) is 0 Å². The van der Waals surface area contributed by atoms with Crippen LogP contribution in [0, 0.1) is 0 Å². The molecule has 0 bridgehead atoms. The number of amides is 1. The lowest BCUT2D eigenvalue weighted by Crippen LogP contribution is -2.26. The summed E-state index contributed by atoms with van der Waals surface area (Å²) in [5, 5.41) is 2.41. The molecule has 1 N–H and O–H groups in total. The predicted octanol–water partition coefficient (Wildman–Crippen LogP) is 0.885. The maximum atomic E-state index is 11.1. The van der Waals surface area contributed by atoms with Crippen molar-refractivity contribution < 1.29 is 23.8 Å². The van der Waals surface area contributed by atoms with Crippen LogP contribution >= 0.6 is 0 Å². The van der Waals surface area contributed by atoms with E-state index in [1.54, 1.807) is 31.2 Å². The molecule has 7 heteroatoms. The largest absolute Gasteiger partial charge is 0.492 e. The van der Waals surface area contributed by atoms with Crippen molar-refractivity contribution in [2.24, 2.45) is 0 Å². The predicted molar refractivity (Wildman–Crippen MR) is 73.2 cm³/mol. The topological polar surface area (TPSA) is 73.9 Å². The first kappa shape index (κ1) is 15.9. The molecule has 1 aromatic rings. The Bertz CT molecular complexity index is 435. The molecule has 0 aliphatic carbocycles. The summed E-state index contributed by atoms with van der Waals surface area (Å²) in [6, 6.07) is 6.75. The first-order valence-electron chi connectivity index (χ1n) is 6.16. The van der Waals surface area contributed by atoms with Crippen LogP contribution in [0.5, 0.6) is 11.5 Å². The van der Waals surface area contributed by atoms with Crippen LogP contribution in [0.2, 0.25) is 0 Å². The van der Waals surface area contributed by atoms with Crippen molar-refractivity contribution in [3.63, 3.8) is 0 Å². The molecule has 0 spiro atoms. The maximum absolute atomic E-state index is 11.1. The van der Waals surface area contributed by atoms with Gasteiger partial charge >= 0.3 is 5.97 Å². The Morgan fingerprint density at radius 1 is 1.15 bits per heavy atom. The van der Waals surface area contributed by atoms with Crippen LogP contribution in [0.3, 0.4) is 0 Å². The highest BCUT2D eigenvalue weighted by Crippen LogP contribution is 2.17. The molecule has 1 rings (SSSR count).